The lowest BCUT2D eigenvalue weighted by atomic mass is 10.2. The van der Waals surface area contributed by atoms with Crippen molar-refractivity contribution in [3.63, 3.8) is 0 Å². The number of anilines is 1. The Morgan fingerprint density at radius 2 is 1.82 bits per heavy atom. The van der Waals surface area contributed by atoms with Crippen molar-refractivity contribution < 1.29 is 19.1 Å². The molecule has 0 fully saturated rings. The van der Waals surface area contributed by atoms with Crippen LogP contribution in [-0.2, 0) is 4.79 Å². The minimum absolute atomic E-state index is 0.285. The number of hydrogen-bond acceptors (Lipinski definition) is 5. The van der Waals surface area contributed by atoms with Gasteiger partial charge in [0.1, 0.15) is 11.5 Å². The van der Waals surface area contributed by atoms with E-state index in [-0.39, 0.29) is 5.91 Å². The van der Waals surface area contributed by atoms with Crippen LogP contribution in [0.1, 0.15) is 10.4 Å². The lowest BCUT2D eigenvalue weighted by Gasteiger charge is -2.10. The second-order valence-electron chi connectivity index (χ2n) is 4.27. The lowest BCUT2D eigenvalue weighted by molar-refractivity contribution is 0.102. The van der Waals surface area contributed by atoms with Crippen molar-refractivity contribution in [1.82, 2.24) is 0 Å². The highest BCUT2D eigenvalue weighted by molar-refractivity contribution is 6.05. The fraction of sp³-hybridized carbons (Fsp3) is 0.125. The average molecular weight is 298 g/mol. The average Bonchev–Trinajstić information content (AvgIpc) is 2.56. The number of carbonyl (C=O) groups excluding carboxylic acids is 2. The van der Waals surface area contributed by atoms with Gasteiger partial charge in [0.2, 0.25) is 6.08 Å². The third-order valence-electron chi connectivity index (χ3n) is 2.96. The summed E-state index contributed by atoms with van der Waals surface area (Å²) in [5, 5.41) is 2.74. The van der Waals surface area contributed by atoms with Gasteiger partial charge in [0.25, 0.3) is 5.91 Å². The van der Waals surface area contributed by atoms with Gasteiger partial charge in [0, 0.05) is 11.6 Å². The Hall–Kier alpha value is -3.11. The Labute approximate surface area is 127 Å². The van der Waals surface area contributed by atoms with Crippen molar-refractivity contribution >= 4 is 23.4 Å². The zero-order valence-corrected chi connectivity index (χ0v) is 12.1. The largest absolute Gasteiger partial charge is 0.497 e. The monoisotopic (exact) mass is 298 g/mol. The third-order valence-corrected chi connectivity index (χ3v) is 2.96. The van der Waals surface area contributed by atoms with Crippen LogP contribution in [0.25, 0.3) is 0 Å². The van der Waals surface area contributed by atoms with E-state index in [1.165, 1.54) is 19.3 Å². The van der Waals surface area contributed by atoms with Crippen LogP contribution in [0.4, 0.5) is 11.4 Å². The molecule has 0 heterocycles. The number of isocyanates is 1. The van der Waals surface area contributed by atoms with Gasteiger partial charge in [-0.15, -0.1) is 0 Å². The summed E-state index contributed by atoms with van der Waals surface area (Å²) in [6.45, 7) is 0. The molecule has 0 saturated heterocycles. The van der Waals surface area contributed by atoms with E-state index >= 15 is 0 Å². The fourth-order valence-electron chi connectivity index (χ4n) is 1.84. The number of methoxy groups -OCH3 is 2. The summed E-state index contributed by atoms with van der Waals surface area (Å²) < 4.78 is 10.2. The minimum Gasteiger partial charge on any atom is -0.497 e. The van der Waals surface area contributed by atoms with E-state index in [9.17, 15) is 9.59 Å². The third kappa shape index (κ3) is 3.50. The van der Waals surface area contributed by atoms with Crippen LogP contribution in [-0.4, -0.2) is 26.2 Å². The molecule has 112 valence electrons. The maximum absolute atomic E-state index is 12.2. The van der Waals surface area contributed by atoms with E-state index < -0.39 is 0 Å². The van der Waals surface area contributed by atoms with Crippen LogP contribution in [0.5, 0.6) is 11.5 Å². The molecule has 0 radical (unpaired) electrons. The molecule has 22 heavy (non-hydrogen) atoms. The Bertz CT molecular complexity index is 719. The standard InChI is InChI=1S/C16H14N2O4/c1-21-13-6-3-11(4-7-13)16(20)18-14-8-5-12(17-10-19)9-15(14)22-2/h3-9H,1-2H3,(H,18,20). The molecule has 0 bridgehead atoms. The molecule has 6 heteroatoms. The summed E-state index contributed by atoms with van der Waals surface area (Å²) >= 11 is 0. The summed E-state index contributed by atoms with van der Waals surface area (Å²) in [7, 11) is 3.02. The molecule has 2 aromatic carbocycles. The van der Waals surface area contributed by atoms with E-state index in [4.69, 9.17) is 9.47 Å². The van der Waals surface area contributed by atoms with Crippen LogP contribution in [0.15, 0.2) is 47.5 Å². The van der Waals surface area contributed by atoms with Gasteiger partial charge < -0.3 is 14.8 Å². The van der Waals surface area contributed by atoms with Gasteiger partial charge in [-0.05, 0) is 36.4 Å². The molecule has 0 saturated carbocycles. The first-order valence-electron chi connectivity index (χ1n) is 6.39. The predicted octanol–water partition coefficient (Wildman–Crippen LogP) is 2.92. The van der Waals surface area contributed by atoms with Gasteiger partial charge in [-0.1, -0.05) is 0 Å². The van der Waals surface area contributed by atoms with Crippen molar-refractivity contribution in [2.45, 2.75) is 0 Å². The molecule has 1 N–H and O–H groups in total. The molecule has 0 spiro atoms. The number of ether oxygens (including phenoxy) is 2. The Morgan fingerprint density at radius 1 is 1.09 bits per heavy atom. The van der Waals surface area contributed by atoms with Crippen LogP contribution < -0.4 is 14.8 Å². The highest BCUT2D eigenvalue weighted by Gasteiger charge is 2.10. The zero-order chi connectivity index (χ0) is 15.9. The maximum atomic E-state index is 12.2. The highest BCUT2D eigenvalue weighted by atomic mass is 16.5. The maximum Gasteiger partial charge on any atom is 0.255 e. The molecule has 2 aromatic rings. The molecular weight excluding hydrogens is 284 g/mol. The van der Waals surface area contributed by atoms with Gasteiger partial charge >= 0.3 is 0 Å². The second-order valence-corrected chi connectivity index (χ2v) is 4.27. The highest BCUT2D eigenvalue weighted by Crippen LogP contribution is 2.29. The number of amides is 1. The summed E-state index contributed by atoms with van der Waals surface area (Å²) in [4.78, 5) is 26.0. The molecule has 0 unspecified atom stereocenters. The summed E-state index contributed by atoms with van der Waals surface area (Å²) in [6, 6.07) is 11.4. The van der Waals surface area contributed by atoms with Crippen molar-refractivity contribution in [3.05, 3.63) is 48.0 Å². The van der Waals surface area contributed by atoms with E-state index in [1.54, 1.807) is 43.5 Å². The first-order chi connectivity index (χ1) is 10.7. The number of aliphatic imine (C=N–C) groups is 1. The Balaban J connectivity index is 2.21. The first-order valence-corrected chi connectivity index (χ1v) is 6.39. The number of rotatable bonds is 5. The summed E-state index contributed by atoms with van der Waals surface area (Å²) in [5.74, 6) is 0.788. The van der Waals surface area contributed by atoms with Crippen molar-refractivity contribution in [1.29, 1.82) is 0 Å². The molecule has 0 aliphatic rings. The van der Waals surface area contributed by atoms with Gasteiger partial charge in [-0.2, -0.15) is 4.99 Å². The van der Waals surface area contributed by atoms with Gasteiger partial charge in [0.05, 0.1) is 25.6 Å². The molecule has 0 aliphatic heterocycles. The van der Waals surface area contributed by atoms with Crippen molar-refractivity contribution in [2.75, 3.05) is 19.5 Å². The molecule has 1 amide bonds. The molecule has 0 aliphatic carbocycles. The summed E-state index contributed by atoms with van der Waals surface area (Å²) in [6.07, 6.45) is 1.45. The predicted molar refractivity (Wildman–Crippen MR) is 81.7 cm³/mol. The Kier molecular flexibility index (Phi) is 4.90. The molecule has 2 rings (SSSR count). The van der Waals surface area contributed by atoms with E-state index in [0.717, 1.165) is 0 Å². The number of hydrogen-bond donors (Lipinski definition) is 1. The molecule has 6 nitrogen and oxygen atoms in total. The van der Waals surface area contributed by atoms with Gasteiger partial charge in [0.15, 0.2) is 0 Å². The minimum atomic E-state index is -0.285. The zero-order valence-electron chi connectivity index (χ0n) is 12.1. The molecular formula is C16H14N2O4. The van der Waals surface area contributed by atoms with E-state index in [0.29, 0.717) is 28.4 Å². The van der Waals surface area contributed by atoms with E-state index in [1.807, 2.05) is 0 Å². The number of benzene rings is 2. The van der Waals surface area contributed by atoms with Crippen molar-refractivity contribution in [3.8, 4) is 11.5 Å². The van der Waals surface area contributed by atoms with Gasteiger partial charge in [-0.3, -0.25) is 4.79 Å². The summed E-state index contributed by atoms with van der Waals surface area (Å²) in [5.41, 5.74) is 1.36. The van der Waals surface area contributed by atoms with Gasteiger partial charge in [-0.25, -0.2) is 4.79 Å². The topological polar surface area (TPSA) is 77.0 Å². The van der Waals surface area contributed by atoms with Crippen LogP contribution >= 0.6 is 0 Å². The quantitative estimate of drug-likeness (QED) is 0.680. The van der Waals surface area contributed by atoms with Crippen LogP contribution in [0, 0.1) is 0 Å². The Morgan fingerprint density at radius 3 is 2.41 bits per heavy atom. The number of carbonyl (C=O) groups is 1. The first kappa shape index (κ1) is 15.3. The number of nitrogens with zero attached hydrogens (tertiary/aromatic N) is 1. The lowest BCUT2D eigenvalue weighted by Crippen LogP contribution is -2.12. The SMILES string of the molecule is COc1ccc(C(=O)Nc2ccc(N=C=O)cc2OC)cc1. The van der Waals surface area contributed by atoms with Crippen LogP contribution in [0.2, 0.25) is 0 Å². The second kappa shape index (κ2) is 7.06. The van der Waals surface area contributed by atoms with Crippen LogP contribution in [0.3, 0.4) is 0 Å². The normalized spacial score (nSPS) is 9.55. The van der Waals surface area contributed by atoms with E-state index in [2.05, 4.69) is 10.3 Å². The number of nitrogens with one attached hydrogen (secondary N) is 1. The fourth-order valence-corrected chi connectivity index (χ4v) is 1.84. The smallest absolute Gasteiger partial charge is 0.255 e. The molecule has 0 atom stereocenters. The molecule has 0 aromatic heterocycles. The van der Waals surface area contributed by atoms with Crippen molar-refractivity contribution in [2.24, 2.45) is 4.99 Å².